The van der Waals surface area contributed by atoms with Crippen molar-refractivity contribution in [1.29, 1.82) is 0 Å². The van der Waals surface area contributed by atoms with Gasteiger partial charge in [0, 0.05) is 6.42 Å². The number of anilines is 1. The van der Waals surface area contributed by atoms with Gasteiger partial charge in [0.05, 0.1) is 11.8 Å². The number of esters is 2. The summed E-state index contributed by atoms with van der Waals surface area (Å²) in [6.07, 6.45) is 0.604. The number of nitrogens with two attached hydrogens (primary N) is 1. The number of imidazole rings is 1. The van der Waals surface area contributed by atoms with Gasteiger partial charge < -0.3 is 15.2 Å². The van der Waals surface area contributed by atoms with Crippen LogP contribution in [0.1, 0.15) is 46.3 Å². The lowest BCUT2D eigenvalue weighted by Gasteiger charge is -2.13. The fourth-order valence-electron chi connectivity index (χ4n) is 2.16. The zero-order valence-corrected chi connectivity index (χ0v) is 15.8. The molecule has 0 radical (unpaired) electrons. The molecular formula is C17H25N5O4. The van der Waals surface area contributed by atoms with Gasteiger partial charge in [-0.1, -0.05) is 34.6 Å². The zero-order chi connectivity index (χ0) is 19.4. The molecule has 0 saturated carbocycles. The Morgan fingerprint density at radius 2 is 1.65 bits per heavy atom. The summed E-state index contributed by atoms with van der Waals surface area (Å²) in [6.45, 7) is 8.69. The molecule has 0 amide bonds. The second kappa shape index (κ2) is 8.11. The summed E-state index contributed by atoms with van der Waals surface area (Å²) in [4.78, 5) is 36.6. The highest BCUT2D eigenvalue weighted by molar-refractivity contribution is 5.82. The van der Waals surface area contributed by atoms with Gasteiger partial charge in [0.25, 0.3) is 0 Å². The van der Waals surface area contributed by atoms with Gasteiger partial charge in [-0.3, -0.25) is 14.2 Å². The molecule has 2 N–H and O–H groups in total. The number of hydrogen-bond donors (Lipinski definition) is 1. The first-order chi connectivity index (χ1) is 12.2. The summed E-state index contributed by atoms with van der Waals surface area (Å²) in [7, 11) is 0. The molecule has 0 atom stereocenters. The Morgan fingerprint density at radius 1 is 1.04 bits per heavy atom. The molecule has 2 rings (SSSR count). The molecule has 0 bridgehead atoms. The third-order valence-electron chi connectivity index (χ3n) is 3.69. The molecule has 142 valence electrons. The van der Waals surface area contributed by atoms with Crippen LogP contribution in [0.5, 0.6) is 0 Å². The molecule has 0 aromatic carbocycles. The predicted molar refractivity (Wildman–Crippen MR) is 94.7 cm³/mol. The lowest BCUT2D eigenvalue weighted by atomic mass is 10.2. The van der Waals surface area contributed by atoms with E-state index in [0.717, 1.165) is 0 Å². The van der Waals surface area contributed by atoms with Crippen LogP contribution in [-0.4, -0.2) is 31.5 Å². The zero-order valence-electron chi connectivity index (χ0n) is 15.8. The molecule has 0 unspecified atom stereocenters. The van der Waals surface area contributed by atoms with Gasteiger partial charge in [0.1, 0.15) is 17.9 Å². The molecule has 0 spiro atoms. The van der Waals surface area contributed by atoms with Crippen LogP contribution < -0.4 is 5.73 Å². The lowest BCUT2D eigenvalue weighted by Crippen LogP contribution is -2.18. The summed E-state index contributed by atoms with van der Waals surface area (Å²) < 4.78 is 12.1. The third kappa shape index (κ3) is 4.27. The Morgan fingerprint density at radius 3 is 2.23 bits per heavy atom. The van der Waals surface area contributed by atoms with Crippen molar-refractivity contribution in [2.45, 2.75) is 54.4 Å². The molecule has 2 aromatic heterocycles. The second-order valence-corrected chi connectivity index (χ2v) is 6.52. The van der Waals surface area contributed by atoms with Crippen molar-refractivity contribution in [1.82, 2.24) is 19.5 Å². The van der Waals surface area contributed by atoms with Crippen LogP contribution in [0, 0.1) is 11.8 Å². The molecule has 0 aliphatic carbocycles. The third-order valence-corrected chi connectivity index (χ3v) is 3.69. The lowest BCUT2D eigenvalue weighted by molar-refractivity contribution is -0.152. The fraction of sp³-hybridized carbons (Fsp3) is 0.588. The maximum atomic E-state index is 11.8. The number of nitrogen functional groups attached to an aromatic ring is 1. The number of carbonyl (C=O) groups excluding carboxylic acids is 2. The smallest absolute Gasteiger partial charge is 0.310 e. The van der Waals surface area contributed by atoms with Gasteiger partial charge in [-0.05, 0) is 0 Å². The molecule has 9 nitrogen and oxygen atoms in total. The van der Waals surface area contributed by atoms with Crippen LogP contribution in [0.15, 0.2) is 0 Å². The second-order valence-electron chi connectivity index (χ2n) is 6.52. The summed E-state index contributed by atoms with van der Waals surface area (Å²) in [5.41, 5.74) is 6.89. The number of carbonyl (C=O) groups is 2. The minimum Gasteiger partial charge on any atom is -0.457 e. The van der Waals surface area contributed by atoms with Crippen LogP contribution >= 0.6 is 0 Å². The van der Waals surface area contributed by atoms with Crippen molar-refractivity contribution in [3.63, 3.8) is 0 Å². The molecule has 9 heteroatoms. The van der Waals surface area contributed by atoms with Crippen LogP contribution in [0.2, 0.25) is 0 Å². The standard InChI is InChI=1S/C17H25N5O4/c1-6-11-19-14(18)13-15(20-11)21-12(7-25-16(23)9(2)3)22(13)8-26-17(24)10(4)5/h9-10H,6-8H2,1-5H3,(H2,18,19,20). The quantitative estimate of drug-likeness (QED) is 0.739. The SMILES string of the molecule is CCc1nc(N)c2c(n1)nc(COC(=O)C(C)C)n2COC(=O)C(C)C. The molecule has 2 heterocycles. The first-order valence-corrected chi connectivity index (χ1v) is 8.59. The average molecular weight is 363 g/mol. The van der Waals surface area contributed by atoms with Gasteiger partial charge in [-0.25, -0.2) is 15.0 Å². The van der Waals surface area contributed by atoms with Crippen molar-refractivity contribution in [2.75, 3.05) is 5.73 Å². The minimum absolute atomic E-state index is 0.0759. The highest BCUT2D eigenvalue weighted by atomic mass is 16.5. The van der Waals surface area contributed by atoms with Gasteiger partial charge in [0.2, 0.25) is 0 Å². The number of rotatable bonds is 7. The maximum absolute atomic E-state index is 11.8. The highest BCUT2D eigenvalue weighted by Crippen LogP contribution is 2.21. The van der Waals surface area contributed by atoms with E-state index in [-0.39, 0.29) is 42.9 Å². The van der Waals surface area contributed by atoms with Crippen LogP contribution in [0.25, 0.3) is 11.2 Å². The van der Waals surface area contributed by atoms with Crippen molar-refractivity contribution >= 4 is 28.9 Å². The van der Waals surface area contributed by atoms with E-state index >= 15 is 0 Å². The maximum Gasteiger partial charge on any atom is 0.310 e. The number of aromatic nitrogens is 4. The number of hydrogen-bond acceptors (Lipinski definition) is 8. The number of ether oxygens (including phenoxy) is 2. The van der Waals surface area contributed by atoms with E-state index in [9.17, 15) is 9.59 Å². The Kier molecular flexibility index (Phi) is 6.12. The van der Waals surface area contributed by atoms with E-state index in [1.54, 1.807) is 32.3 Å². The summed E-state index contributed by atoms with van der Waals surface area (Å²) in [6, 6.07) is 0. The molecule has 0 aliphatic rings. The topological polar surface area (TPSA) is 122 Å². The largest absolute Gasteiger partial charge is 0.457 e. The minimum atomic E-state index is -0.360. The van der Waals surface area contributed by atoms with E-state index in [0.29, 0.717) is 29.2 Å². The van der Waals surface area contributed by atoms with E-state index < -0.39 is 0 Å². The van der Waals surface area contributed by atoms with Crippen LogP contribution in [0.4, 0.5) is 5.82 Å². The van der Waals surface area contributed by atoms with Gasteiger partial charge >= 0.3 is 11.9 Å². The van der Waals surface area contributed by atoms with Crippen molar-refractivity contribution in [2.24, 2.45) is 11.8 Å². The van der Waals surface area contributed by atoms with E-state index in [4.69, 9.17) is 15.2 Å². The fourth-order valence-corrected chi connectivity index (χ4v) is 2.16. The van der Waals surface area contributed by atoms with Crippen molar-refractivity contribution in [3.8, 4) is 0 Å². The predicted octanol–water partition coefficient (Wildman–Crippen LogP) is 1.83. The van der Waals surface area contributed by atoms with Crippen LogP contribution in [0.3, 0.4) is 0 Å². The Labute approximate surface area is 151 Å². The first-order valence-electron chi connectivity index (χ1n) is 8.59. The monoisotopic (exact) mass is 363 g/mol. The van der Waals surface area contributed by atoms with Crippen molar-refractivity contribution < 1.29 is 19.1 Å². The van der Waals surface area contributed by atoms with Gasteiger partial charge in [0.15, 0.2) is 24.0 Å². The summed E-state index contributed by atoms with van der Waals surface area (Å²) in [5.74, 6) is -0.0566. The van der Waals surface area contributed by atoms with Gasteiger partial charge in [-0.2, -0.15) is 0 Å². The van der Waals surface area contributed by atoms with Gasteiger partial charge in [-0.15, -0.1) is 0 Å². The average Bonchev–Trinajstić information content (AvgIpc) is 2.94. The summed E-state index contributed by atoms with van der Waals surface area (Å²) in [5, 5.41) is 0. The number of nitrogens with zero attached hydrogens (tertiary/aromatic N) is 4. The Balaban J connectivity index is 2.40. The highest BCUT2D eigenvalue weighted by Gasteiger charge is 2.20. The molecule has 0 saturated heterocycles. The molecular weight excluding hydrogens is 338 g/mol. The normalized spacial score (nSPS) is 11.3. The van der Waals surface area contributed by atoms with Crippen LogP contribution in [-0.2, 0) is 38.8 Å². The molecule has 0 fully saturated rings. The number of aryl methyl sites for hydroxylation is 1. The Hall–Kier alpha value is -2.71. The Bertz CT molecular complexity index is 813. The molecule has 26 heavy (non-hydrogen) atoms. The molecule has 0 aliphatic heterocycles. The van der Waals surface area contributed by atoms with Crippen molar-refractivity contribution in [3.05, 3.63) is 11.6 Å². The molecule has 2 aromatic rings. The van der Waals surface area contributed by atoms with E-state index in [2.05, 4.69) is 15.0 Å². The van der Waals surface area contributed by atoms with E-state index in [1.807, 2.05) is 6.92 Å². The summed E-state index contributed by atoms with van der Waals surface area (Å²) >= 11 is 0. The van der Waals surface area contributed by atoms with E-state index in [1.165, 1.54) is 0 Å². The first kappa shape index (κ1) is 19.6. The number of fused-ring (bicyclic) bond motifs is 1.